The fourth-order valence-corrected chi connectivity index (χ4v) is 3.91. The van der Waals surface area contributed by atoms with Crippen LogP contribution in [0.2, 0.25) is 0 Å². The SMILES string of the molecule is CCc1ccc(C2C(N)CCC(=O)N2C(C)(C)C)s1. The molecule has 0 aliphatic carbocycles. The molecule has 0 aromatic carbocycles. The number of amides is 1. The van der Waals surface area contributed by atoms with E-state index in [1.54, 1.807) is 11.3 Å². The Morgan fingerprint density at radius 1 is 1.42 bits per heavy atom. The van der Waals surface area contributed by atoms with E-state index < -0.39 is 0 Å². The van der Waals surface area contributed by atoms with E-state index in [0.29, 0.717) is 6.42 Å². The summed E-state index contributed by atoms with van der Waals surface area (Å²) in [5.41, 5.74) is 6.14. The number of likely N-dealkylation sites (tertiary alicyclic amines) is 1. The van der Waals surface area contributed by atoms with Crippen LogP contribution in [0.1, 0.15) is 56.3 Å². The molecule has 4 heteroatoms. The average molecular weight is 280 g/mol. The lowest BCUT2D eigenvalue weighted by Crippen LogP contribution is -2.55. The molecule has 0 bridgehead atoms. The maximum Gasteiger partial charge on any atom is 0.223 e. The summed E-state index contributed by atoms with van der Waals surface area (Å²) in [6, 6.07) is 4.38. The van der Waals surface area contributed by atoms with Gasteiger partial charge in [-0.3, -0.25) is 4.79 Å². The van der Waals surface area contributed by atoms with E-state index in [2.05, 4.69) is 39.8 Å². The highest BCUT2D eigenvalue weighted by atomic mass is 32.1. The van der Waals surface area contributed by atoms with Gasteiger partial charge >= 0.3 is 0 Å². The molecule has 1 aliphatic heterocycles. The topological polar surface area (TPSA) is 46.3 Å². The van der Waals surface area contributed by atoms with E-state index >= 15 is 0 Å². The van der Waals surface area contributed by atoms with Gasteiger partial charge in [-0.2, -0.15) is 0 Å². The van der Waals surface area contributed by atoms with Crippen LogP contribution in [0.4, 0.5) is 0 Å². The van der Waals surface area contributed by atoms with Crippen molar-refractivity contribution in [2.45, 2.75) is 64.6 Å². The number of rotatable bonds is 2. The first-order chi connectivity index (χ1) is 8.84. The molecule has 2 N–H and O–H groups in total. The van der Waals surface area contributed by atoms with Gasteiger partial charge in [0.2, 0.25) is 5.91 Å². The minimum atomic E-state index is -0.184. The van der Waals surface area contributed by atoms with E-state index in [9.17, 15) is 4.79 Å². The van der Waals surface area contributed by atoms with Crippen molar-refractivity contribution in [1.29, 1.82) is 0 Å². The van der Waals surface area contributed by atoms with Gasteiger partial charge in [0.15, 0.2) is 0 Å². The Balaban J connectivity index is 2.39. The Kier molecular flexibility index (Phi) is 4.02. The largest absolute Gasteiger partial charge is 0.328 e. The third-order valence-electron chi connectivity index (χ3n) is 3.69. The number of piperidine rings is 1. The van der Waals surface area contributed by atoms with E-state index in [-0.39, 0.29) is 23.5 Å². The Morgan fingerprint density at radius 2 is 2.11 bits per heavy atom. The van der Waals surface area contributed by atoms with Crippen LogP contribution in [0.15, 0.2) is 12.1 Å². The van der Waals surface area contributed by atoms with Crippen LogP contribution in [-0.4, -0.2) is 22.4 Å². The highest BCUT2D eigenvalue weighted by molar-refractivity contribution is 7.12. The normalized spacial score (nSPS) is 24.9. The molecule has 1 amide bonds. The fraction of sp³-hybridized carbons (Fsp3) is 0.667. The van der Waals surface area contributed by atoms with Crippen LogP contribution in [0.3, 0.4) is 0 Å². The van der Waals surface area contributed by atoms with Crippen LogP contribution >= 0.6 is 11.3 Å². The second kappa shape index (κ2) is 5.25. The molecule has 2 rings (SSSR count). The standard InChI is InChI=1S/C15H24N2OS/c1-5-10-6-8-12(19-10)14-11(16)7-9-13(18)17(14)15(2,3)4/h6,8,11,14H,5,7,9,16H2,1-4H3. The Labute approximate surface area is 119 Å². The van der Waals surface area contributed by atoms with E-state index in [1.165, 1.54) is 9.75 Å². The van der Waals surface area contributed by atoms with E-state index in [0.717, 1.165) is 12.8 Å². The first-order valence-electron chi connectivity index (χ1n) is 7.01. The number of hydrogen-bond acceptors (Lipinski definition) is 3. The van der Waals surface area contributed by atoms with Crippen molar-refractivity contribution in [3.63, 3.8) is 0 Å². The van der Waals surface area contributed by atoms with Gasteiger partial charge in [0.05, 0.1) is 6.04 Å². The summed E-state index contributed by atoms with van der Waals surface area (Å²) >= 11 is 1.79. The number of nitrogens with zero attached hydrogens (tertiary/aromatic N) is 1. The summed E-state index contributed by atoms with van der Waals surface area (Å²) in [6.07, 6.45) is 2.40. The van der Waals surface area contributed by atoms with E-state index in [4.69, 9.17) is 5.73 Å². The van der Waals surface area contributed by atoms with Crippen LogP contribution < -0.4 is 5.73 Å². The van der Waals surface area contributed by atoms with Crippen LogP contribution in [0.5, 0.6) is 0 Å². The molecule has 106 valence electrons. The number of hydrogen-bond donors (Lipinski definition) is 1. The van der Waals surface area contributed by atoms with Gasteiger partial charge < -0.3 is 10.6 Å². The lowest BCUT2D eigenvalue weighted by molar-refractivity contribution is -0.143. The predicted octanol–water partition coefficient (Wildman–Crippen LogP) is 3.10. The fourth-order valence-electron chi connectivity index (χ4n) is 2.79. The zero-order valence-corrected chi connectivity index (χ0v) is 13.1. The molecule has 0 radical (unpaired) electrons. The molecule has 2 heterocycles. The summed E-state index contributed by atoms with van der Waals surface area (Å²) in [5, 5.41) is 0. The maximum absolute atomic E-state index is 12.3. The van der Waals surface area contributed by atoms with E-state index in [1.807, 2.05) is 4.90 Å². The average Bonchev–Trinajstić information content (AvgIpc) is 2.78. The first kappa shape index (κ1) is 14.5. The molecule has 3 nitrogen and oxygen atoms in total. The van der Waals surface area contributed by atoms with Crippen LogP contribution in [-0.2, 0) is 11.2 Å². The van der Waals surface area contributed by atoms with Crippen molar-refractivity contribution >= 4 is 17.2 Å². The molecule has 1 aliphatic rings. The molecule has 1 aromatic heterocycles. The third-order valence-corrected chi connectivity index (χ3v) is 4.99. The zero-order valence-electron chi connectivity index (χ0n) is 12.3. The molecule has 1 aromatic rings. The molecule has 0 saturated carbocycles. The molecular weight excluding hydrogens is 256 g/mol. The highest BCUT2D eigenvalue weighted by Crippen LogP contribution is 2.39. The van der Waals surface area contributed by atoms with Gasteiger partial charge in [-0.05, 0) is 45.7 Å². The van der Waals surface area contributed by atoms with Gasteiger partial charge in [0.1, 0.15) is 0 Å². The smallest absolute Gasteiger partial charge is 0.223 e. The van der Waals surface area contributed by atoms with Gasteiger partial charge in [0.25, 0.3) is 0 Å². The van der Waals surface area contributed by atoms with Crippen molar-refractivity contribution in [3.05, 3.63) is 21.9 Å². The number of thiophene rings is 1. The van der Waals surface area contributed by atoms with Crippen molar-refractivity contribution in [3.8, 4) is 0 Å². The molecule has 2 unspecified atom stereocenters. The summed E-state index contributed by atoms with van der Waals surface area (Å²) in [7, 11) is 0. The zero-order chi connectivity index (χ0) is 14.2. The summed E-state index contributed by atoms with van der Waals surface area (Å²) in [5.74, 6) is 0.227. The number of nitrogens with two attached hydrogens (primary N) is 1. The van der Waals surface area contributed by atoms with Gasteiger partial charge in [-0.25, -0.2) is 0 Å². The van der Waals surface area contributed by atoms with Crippen LogP contribution in [0, 0.1) is 0 Å². The minimum Gasteiger partial charge on any atom is -0.328 e. The summed E-state index contributed by atoms with van der Waals surface area (Å²) in [6.45, 7) is 8.42. The molecule has 1 fully saturated rings. The Morgan fingerprint density at radius 3 is 2.63 bits per heavy atom. The summed E-state index contributed by atoms with van der Waals surface area (Å²) in [4.78, 5) is 16.9. The van der Waals surface area contributed by atoms with Crippen molar-refractivity contribution < 1.29 is 4.79 Å². The summed E-state index contributed by atoms with van der Waals surface area (Å²) < 4.78 is 0. The van der Waals surface area contributed by atoms with Gasteiger partial charge in [0, 0.05) is 27.8 Å². The Hall–Kier alpha value is -0.870. The van der Waals surface area contributed by atoms with Crippen LogP contribution in [0.25, 0.3) is 0 Å². The van der Waals surface area contributed by atoms with Crippen molar-refractivity contribution in [2.24, 2.45) is 5.73 Å². The van der Waals surface area contributed by atoms with Crippen molar-refractivity contribution in [2.75, 3.05) is 0 Å². The molecule has 19 heavy (non-hydrogen) atoms. The molecule has 0 spiro atoms. The number of carbonyl (C=O) groups excluding carboxylic acids is 1. The van der Waals surface area contributed by atoms with Gasteiger partial charge in [-0.1, -0.05) is 6.92 Å². The first-order valence-corrected chi connectivity index (χ1v) is 7.82. The van der Waals surface area contributed by atoms with Gasteiger partial charge in [-0.15, -0.1) is 11.3 Å². The highest BCUT2D eigenvalue weighted by Gasteiger charge is 2.41. The molecular formula is C15H24N2OS. The number of carbonyl (C=O) groups is 1. The van der Waals surface area contributed by atoms with Crippen molar-refractivity contribution in [1.82, 2.24) is 4.90 Å². The quantitative estimate of drug-likeness (QED) is 0.905. The monoisotopic (exact) mass is 280 g/mol. The minimum absolute atomic E-state index is 0.0338. The Bertz CT molecular complexity index is 461. The second-order valence-corrected chi connectivity index (χ2v) is 7.44. The third kappa shape index (κ3) is 2.84. The second-order valence-electron chi connectivity index (χ2n) is 6.24. The maximum atomic E-state index is 12.3. The lowest BCUT2D eigenvalue weighted by Gasteiger charge is -2.47. The molecule has 1 saturated heterocycles. The number of aryl methyl sites for hydroxylation is 1. The predicted molar refractivity (Wildman–Crippen MR) is 80.2 cm³/mol. The lowest BCUT2D eigenvalue weighted by atomic mass is 9.90. The molecule has 2 atom stereocenters.